The number of nitrogen functional groups attached to an aromatic ring is 1. The Hall–Kier alpha value is -2.46. The van der Waals surface area contributed by atoms with Crippen molar-refractivity contribution >= 4 is 28.9 Å². The fourth-order valence-corrected chi connectivity index (χ4v) is 2.84. The van der Waals surface area contributed by atoms with Gasteiger partial charge in [-0.1, -0.05) is 6.92 Å². The van der Waals surface area contributed by atoms with Crippen LogP contribution in [0.15, 0.2) is 6.33 Å². The molecular formula is C14H20N6O4. The van der Waals surface area contributed by atoms with Crippen molar-refractivity contribution in [3.8, 4) is 0 Å². The summed E-state index contributed by atoms with van der Waals surface area (Å²) in [6, 6.07) is 0. The van der Waals surface area contributed by atoms with E-state index in [9.17, 15) is 9.90 Å². The zero-order chi connectivity index (χ0) is 17.4. The zero-order valence-corrected chi connectivity index (χ0v) is 13.6. The standard InChI is InChI=1S/C14H20N6O4/c1-6-10(22)8(4-23-7(2)21)24-13(6)20-5-17-9-11(16-3)18-14(15)19-12(9)20/h5-6,8,10,13,22H,4H2,1-3H3,(H3,15,16,18,19)/t6-,8+,10-,13+/m0/s1. The maximum atomic E-state index is 11.0. The second-order valence-electron chi connectivity index (χ2n) is 5.72. The normalized spacial score (nSPS) is 26.7. The van der Waals surface area contributed by atoms with Crippen LogP contribution in [0.1, 0.15) is 20.1 Å². The minimum atomic E-state index is -0.783. The van der Waals surface area contributed by atoms with Crippen LogP contribution in [0.5, 0.6) is 0 Å². The Labute approximate surface area is 138 Å². The fourth-order valence-electron chi connectivity index (χ4n) is 2.84. The summed E-state index contributed by atoms with van der Waals surface area (Å²) in [4.78, 5) is 23.6. The van der Waals surface area contributed by atoms with Crippen LogP contribution in [-0.4, -0.2) is 56.5 Å². The van der Waals surface area contributed by atoms with Gasteiger partial charge < -0.3 is 25.6 Å². The largest absolute Gasteiger partial charge is 0.463 e. The van der Waals surface area contributed by atoms with Gasteiger partial charge in [-0.25, -0.2) is 4.98 Å². The third-order valence-corrected chi connectivity index (χ3v) is 4.08. The predicted molar refractivity (Wildman–Crippen MR) is 85.0 cm³/mol. The van der Waals surface area contributed by atoms with Crippen LogP contribution in [0.2, 0.25) is 0 Å². The lowest BCUT2D eigenvalue weighted by molar-refractivity contribution is -0.147. The van der Waals surface area contributed by atoms with Gasteiger partial charge in [0, 0.05) is 19.9 Å². The first kappa shape index (κ1) is 16.4. The number of hydrogen-bond acceptors (Lipinski definition) is 9. The van der Waals surface area contributed by atoms with E-state index in [2.05, 4.69) is 20.3 Å². The van der Waals surface area contributed by atoms with E-state index in [1.54, 1.807) is 17.9 Å². The number of imidazole rings is 1. The molecule has 1 aliphatic rings. The van der Waals surface area contributed by atoms with Crippen LogP contribution in [0.25, 0.3) is 11.2 Å². The van der Waals surface area contributed by atoms with E-state index in [1.807, 2.05) is 6.92 Å². The molecular weight excluding hydrogens is 316 g/mol. The third kappa shape index (κ3) is 2.74. The molecule has 1 fully saturated rings. The SMILES string of the molecule is CNc1nc(N)nc2c1ncn2[C@@H]1O[C@H](COC(C)=O)[C@@H](O)[C@@H]1C. The lowest BCUT2D eigenvalue weighted by atomic mass is 10.0. The van der Waals surface area contributed by atoms with Gasteiger partial charge in [0.1, 0.15) is 18.9 Å². The number of esters is 1. The van der Waals surface area contributed by atoms with E-state index in [0.29, 0.717) is 17.0 Å². The maximum absolute atomic E-state index is 11.0. The molecule has 4 N–H and O–H groups in total. The first-order valence-corrected chi connectivity index (χ1v) is 7.57. The molecule has 0 radical (unpaired) electrons. The van der Waals surface area contributed by atoms with E-state index in [4.69, 9.17) is 15.2 Å². The number of nitrogens with zero attached hydrogens (tertiary/aromatic N) is 4. The number of carbonyl (C=O) groups excluding carboxylic acids is 1. The van der Waals surface area contributed by atoms with Crippen molar-refractivity contribution in [1.29, 1.82) is 0 Å². The number of ether oxygens (including phenoxy) is 2. The summed E-state index contributed by atoms with van der Waals surface area (Å²) in [5, 5.41) is 13.3. The van der Waals surface area contributed by atoms with Gasteiger partial charge in [0.2, 0.25) is 5.95 Å². The summed E-state index contributed by atoms with van der Waals surface area (Å²) >= 11 is 0. The van der Waals surface area contributed by atoms with Crippen molar-refractivity contribution in [2.45, 2.75) is 32.3 Å². The van der Waals surface area contributed by atoms with E-state index in [0.717, 1.165) is 0 Å². The van der Waals surface area contributed by atoms with Crippen molar-refractivity contribution in [2.24, 2.45) is 5.92 Å². The summed E-state index contributed by atoms with van der Waals surface area (Å²) in [5.74, 6) is -0.0542. The van der Waals surface area contributed by atoms with Gasteiger partial charge in [-0.3, -0.25) is 9.36 Å². The van der Waals surface area contributed by atoms with Crippen molar-refractivity contribution < 1.29 is 19.4 Å². The van der Waals surface area contributed by atoms with Gasteiger partial charge in [0.05, 0.1) is 12.4 Å². The molecule has 2 aromatic rings. The van der Waals surface area contributed by atoms with E-state index in [1.165, 1.54) is 6.92 Å². The minimum Gasteiger partial charge on any atom is -0.463 e. The number of fused-ring (bicyclic) bond motifs is 1. The fraction of sp³-hybridized carbons (Fsp3) is 0.571. The molecule has 3 rings (SSSR count). The lowest BCUT2D eigenvalue weighted by Gasteiger charge is -2.17. The van der Waals surface area contributed by atoms with Crippen molar-refractivity contribution in [2.75, 3.05) is 24.7 Å². The molecule has 0 aliphatic carbocycles. The first-order valence-electron chi connectivity index (χ1n) is 7.57. The molecule has 0 saturated carbocycles. The number of aliphatic hydroxyl groups is 1. The molecule has 0 amide bonds. The van der Waals surface area contributed by atoms with Crippen molar-refractivity contribution in [1.82, 2.24) is 19.5 Å². The number of carbonyl (C=O) groups is 1. The number of hydrogen-bond donors (Lipinski definition) is 3. The number of rotatable bonds is 4. The highest BCUT2D eigenvalue weighted by molar-refractivity contribution is 5.84. The molecule has 24 heavy (non-hydrogen) atoms. The molecule has 1 aliphatic heterocycles. The van der Waals surface area contributed by atoms with Crippen LogP contribution < -0.4 is 11.1 Å². The molecule has 130 valence electrons. The molecule has 10 nitrogen and oxygen atoms in total. The second kappa shape index (κ2) is 6.21. The van der Waals surface area contributed by atoms with Gasteiger partial charge in [-0.15, -0.1) is 0 Å². The van der Waals surface area contributed by atoms with Crippen molar-refractivity contribution in [3.63, 3.8) is 0 Å². The Morgan fingerprint density at radius 1 is 1.54 bits per heavy atom. The average molecular weight is 336 g/mol. The highest BCUT2D eigenvalue weighted by Gasteiger charge is 2.43. The summed E-state index contributed by atoms with van der Waals surface area (Å²) in [5.41, 5.74) is 6.81. The van der Waals surface area contributed by atoms with Crippen LogP contribution in [-0.2, 0) is 14.3 Å². The Bertz CT molecular complexity index is 763. The van der Waals surface area contributed by atoms with E-state index >= 15 is 0 Å². The first-order chi connectivity index (χ1) is 11.4. The highest BCUT2D eigenvalue weighted by Crippen LogP contribution is 2.36. The second-order valence-corrected chi connectivity index (χ2v) is 5.72. The Morgan fingerprint density at radius 3 is 2.96 bits per heavy atom. The monoisotopic (exact) mass is 336 g/mol. The molecule has 0 spiro atoms. The molecule has 10 heteroatoms. The predicted octanol–water partition coefficient (Wildman–Crippen LogP) is -0.0923. The van der Waals surface area contributed by atoms with Crippen LogP contribution in [0.3, 0.4) is 0 Å². The van der Waals surface area contributed by atoms with Crippen LogP contribution >= 0.6 is 0 Å². The maximum Gasteiger partial charge on any atom is 0.302 e. The smallest absolute Gasteiger partial charge is 0.302 e. The zero-order valence-electron chi connectivity index (χ0n) is 13.6. The van der Waals surface area contributed by atoms with Gasteiger partial charge in [0.15, 0.2) is 17.0 Å². The summed E-state index contributed by atoms with van der Waals surface area (Å²) < 4.78 is 12.5. The Morgan fingerprint density at radius 2 is 2.29 bits per heavy atom. The van der Waals surface area contributed by atoms with Gasteiger partial charge in [-0.2, -0.15) is 9.97 Å². The van der Waals surface area contributed by atoms with Crippen LogP contribution in [0, 0.1) is 5.92 Å². The third-order valence-electron chi connectivity index (χ3n) is 4.08. The van der Waals surface area contributed by atoms with Gasteiger partial charge in [0.25, 0.3) is 0 Å². The average Bonchev–Trinajstić information content (AvgIpc) is 3.07. The van der Waals surface area contributed by atoms with Crippen LogP contribution in [0.4, 0.5) is 11.8 Å². The van der Waals surface area contributed by atoms with Crippen molar-refractivity contribution in [3.05, 3.63) is 6.33 Å². The topological polar surface area (TPSA) is 137 Å². The minimum absolute atomic E-state index is 0.0111. The molecule has 0 aromatic carbocycles. The number of aromatic nitrogens is 4. The highest BCUT2D eigenvalue weighted by atomic mass is 16.6. The van der Waals surface area contributed by atoms with E-state index < -0.39 is 24.4 Å². The summed E-state index contributed by atoms with van der Waals surface area (Å²) in [6.07, 6.45) is -0.338. The molecule has 1 saturated heterocycles. The number of nitrogens with two attached hydrogens (primary N) is 1. The molecule has 4 atom stereocenters. The van der Waals surface area contributed by atoms with Gasteiger partial charge in [-0.05, 0) is 0 Å². The molecule has 0 unspecified atom stereocenters. The number of anilines is 2. The molecule has 3 heterocycles. The Kier molecular flexibility index (Phi) is 4.24. The number of aliphatic hydroxyl groups excluding tert-OH is 1. The Balaban J connectivity index is 1.93. The quantitative estimate of drug-likeness (QED) is 0.654. The summed E-state index contributed by atoms with van der Waals surface area (Å²) in [6.45, 7) is 3.14. The molecule has 0 bridgehead atoms. The van der Waals surface area contributed by atoms with E-state index in [-0.39, 0.29) is 18.5 Å². The molecule has 2 aromatic heterocycles. The number of nitrogens with one attached hydrogen (secondary N) is 1. The summed E-state index contributed by atoms with van der Waals surface area (Å²) in [7, 11) is 1.72. The lowest BCUT2D eigenvalue weighted by Crippen LogP contribution is -2.30. The van der Waals surface area contributed by atoms with Gasteiger partial charge >= 0.3 is 5.97 Å².